The van der Waals surface area contributed by atoms with E-state index < -0.39 is 0 Å². The lowest BCUT2D eigenvalue weighted by Crippen LogP contribution is -2.00. The summed E-state index contributed by atoms with van der Waals surface area (Å²) in [5, 5.41) is 16.9. The Morgan fingerprint density at radius 1 is 0.500 bits per heavy atom. The minimum Gasteiger partial charge on any atom is -0.126 e. The summed E-state index contributed by atoms with van der Waals surface area (Å²) in [6, 6.07) is 12.2. The van der Waals surface area contributed by atoms with Crippen LogP contribution in [0.3, 0.4) is 0 Å². The Hall–Kier alpha value is -2.62. The number of benzene rings is 2. The number of rotatable bonds is 2. The van der Waals surface area contributed by atoms with Crippen LogP contribution in [0.2, 0.25) is 0 Å². The maximum atomic E-state index is 4.22. The first kappa shape index (κ1) is 14.3. The van der Waals surface area contributed by atoms with Crippen molar-refractivity contribution in [1.29, 1.82) is 0 Å². The van der Waals surface area contributed by atoms with Gasteiger partial charge in [0.15, 0.2) is 0 Å². The lowest BCUT2D eigenvalue weighted by atomic mass is 10.1. The van der Waals surface area contributed by atoms with Gasteiger partial charge in [0.05, 0.1) is 0 Å². The van der Waals surface area contributed by atoms with Gasteiger partial charge in [-0.15, -0.1) is 20.4 Å². The SMILES string of the molecule is Cc1ccc(-c2nnc(-c3ccc(C)c(C)c3)nn2)cc1C. The fourth-order valence-electron chi connectivity index (χ4n) is 2.22. The standard InChI is InChI=1S/C18H18N4/c1-11-5-7-15(9-13(11)3)17-19-21-18(22-20-17)16-8-6-12(2)14(4)10-16/h5-10H,1-4H3. The quantitative estimate of drug-likeness (QED) is 0.719. The molecule has 0 aliphatic rings. The zero-order valence-corrected chi connectivity index (χ0v) is 13.3. The highest BCUT2D eigenvalue weighted by Gasteiger charge is 2.08. The number of hydrogen-bond donors (Lipinski definition) is 0. The first-order valence-corrected chi connectivity index (χ1v) is 7.27. The van der Waals surface area contributed by atoms with Gasteiger partial charge >= 0.3 is 0 Å². The van der Waals surface area contributed by atoms with Crippen molar-refractivity contribution in [2.75, 3.05) is 0 Å². The minimum atomic E-state index is 0.552. The summed E-state index contributed by atoms with van der Waals surface area (Å²) in [6.45, 7) is 8.31. The Morgan fingerprint density at radius 2 is 0.864 bits per heavy atom. The Balaban J connectivity index is 1.95. The summed E-state index contributed by atoms with van der Waals surface area (Å²) in [4.78, 5) is 0. The predicted molar refractivity (Wildman–Crippen MR) is 87.4 cm³/mol. The Kier molecular flexibility index (Phi) is 3.67. The second-order valence-electron chi connectivity index (χ2n) is 5.65. The van der Waals surface area contributed by atoms with E-state index in [0.29, 0.717) is 11.6 Å². The van der Waals surface area contributed by atoms with Crippen molar-refractivity contribution in [2.24, 2.45) is 0 Å². The first-order valence-electron chi connectivity index (χ1n) is 7.27. The number of aryl methyl sites for hydroxylation is 4. The molecule has 4 nitrogen and oxygen atoms in total. The van der Waals surface area contributed by atoms with Crippen molar-refractivity contribution in [3.05, 3.63) is 58.7 Å². The molecule has 0 aliphatic heterocycles. The van der Waals surface area contributed by atoms with Crippen molar-refractivity contribution >= 4 is 0 Å². The van der Waals surface area contributed by atoms with Gasteiger partial charge in [0, 0.05) is 11.1 Å². The molecule has 0 unspecified atom stereocenters. The van der Waals surface area contributed by atoms with E-state index in [2.05, 4.69) is 72.4 Å². The van der Waals surface area contributed by atoms with Gasteiger partial charge in [-0.25, -0.2) is 0 Å². The van der Waals surface area contributed by atoms with Crippen LogP contribution >= 0.6 is 0 Å². The summed E-state index contributed by atoms with van der Waals surface area (Å²) >= 11 is 0. The van der Waals surface area contributed by atoms with E-state index in [1.807, 2.05) is 12.1 Å². The Bertz CT molecular complexity index is 752. The van der Waals surface area contributed by atoms with Crippen molar-refractivity contribution in [2.45, 2.75) is 27.7 Å². The molecular formula is C18H18N4. The molecule has 1 heterocycles. The van der Waals surface area contributed by atoms with Crippen LogP contribution in [0.15, 0.2) is 36.4 Å². The maximum Gasteiger partial charge on any atom is 0.203 e. The van der Waals surface area contributed by atoms with Crippen LogP contribution in [0.1, 0.15) is 22.3 Å². The molecule has 0 radical (unpaired) electrons. The smallest absolute Gasteiger partial charge is 0.126 e. The van der Waals surface area contributed by atoms with E-state index in [0.717, 1.165) is 11.1 Å². The topological polar surface area (TPSA) is 51.6 Å². The van der Waals surface area contributed by atoms with E-state index in [4.69, 9.17) is 0 Å². The van der Waals surface area contributed by atoms with Crippen molar-refractivity contribution in [1.82, 2.24) is 20.4 Å². The van der Waals surface area contributed by atoms with Crippen LogP contribution in [0.4, 0.5) is 0 Å². The lowest BCUT2D eigenvalue weighted by Gasteiger charge is -2.05. The normalized spacial score (nSPS) is 10.7. The van der Waals surface area contributed by atoms with E-state index >= 15 is 0 Å². The monoisotopic (exact) mass is 290 g/mol. The third-order valence-electron chi connectivity index (χ3n) is 4.01. The number of hydrogen-bond acceptors (Lipinski definition) is 4. The zero-order chi connectivity index (χ0) is 15.7. The van der Waals surface area contributed by atoms with Crippen LogP contribution in [0.5, 0.6) is 0 Å². The molecule has 0 N–H and O–H groups in total. The van der Waals surface area contributed by atoms with E-state index in [1.54, 1.807) is 0 Å². The van der Waals surface area contributed by atoms with Crippen LogP contribution in [0.25, 0.3) is 22.8 Å². The summed E-state index contributed by atoms with van der Waals surface area (Å²) in [5.74, 6) is 1.10. The second kappa shape index (κ2) is 5.64. The van der Waals surface area contributed by atoms with Crippen LogP contribution in [-0.4, -0.2) is 20.4 Å². The molecule has 0 aliphatic carbocycles. The van der Waals surface area contributed by atoms with Gasteiger partial charge in [0.2, 0.25) is 11.6 Å². The molecule has 0 saturated heterocycles. The molecule has 2 aromatic carbocycles. The molecule has 0 atom stereocenters. The van der Waals surface area contributed by atoms with Crippen LogP contribution in [0, 0.1) is 27.7 Å². The number of aromatic nitrogens is 4. The third-order valence-corrected chi connectivity index (χ3v) is 4.01. The average molecular weight is 290 g/mol. The average Bonchev–Trinajstić information content (AvgIpc) is 2.53. The minimum absolute atomic E-state index is 0.552. The van der Waals surface area contributed by atoms with Gasteiger partial charge < -0.3 is 0 Å². The Labute approximate surface area is 130 Å². The highest BCUT2D eigenvalue weighted by molar-refractivity contribution is 5.59. The van der Waals surface area contributed by atoms with Crippen molar-refractivity contribution in [3.8, 4) is 22.8 Å². The summed E-state index contributed by atoms with van der Waals surface area (Å²) in [6.07, 6.45) is 0. The van der Waals surface area contributed by atoms with Gasteiger partial charge in [0.1, 0.15) is 0 Å². The van der Waals surface area contributed by atoms with Crippen molar-refractivity contribution in [3.63, 3.8) is 0 Å². The molecule has 0 saturated carbocycles. The van der Waals surface area contributed by atoms with E-state index in [9.17, 15) is 0 Å². The molecule has 0 bridgehead atoms. The van der Waals surface area contributed by atoms with Gasteiger partial charge in [-0.3, -0.25) is 0 Å². The summed E-state index contributed by atoms with van der Waals surface area (Å²) < 4.78 is 0. The van der Waals surface area contributed by atoms with Crippen molar-refractivity contribution < 1.29 is 0 Å². The first-order chi connectivity index (χ1) is 10.5. The molecule has 22 heavy (non-hydrogen) atoms. The van der Waals surface area contributed by atoms with Gasteiger partial charge in [-0.05, 0) is 62.1 Å². The fraction of sp³-hybridized carbons (Fsp3) is 0.222. The highest BCUT2D eigenvalue weighted by Crippen LogP contribution is 2.20. The fourth-order valence-corrected chi connectivity index (χ4v) is 2.22. The van der Waals surface area contributed by atoms with Gasteiger partial charge in [0.25, 0.3) is 0 Å². The molecule has 0 amide bonds. The molecule has 110 valence electrons. The highest BCUT2D eigenvalue weighted by atomic mass is 15.3. The molecule has 1 aromatic heterocycles. The zero-order valence-electron chi connectivity index (χ0n) is 13.3. The second-order valence-corrected chi connectivity index (χ2v) is 5.65. The number of nitrogens with zero attached hydrogens (tertiary/aromatic N) is 4. The summed E-state index contributed by atoms with van der Waals surface area (Å²) in [5.41, 5.74) is 6.79. The lowest BCUT2D eigenvalue weighted by molar-refractivity contribution is 0.875. The summed E-state index contributed by atoms with van der Waals surface area (Å²) in [7, 11) is 0. The van der Waals surface area contributed by atoms with Gasteiger partial charge in [-0.2, -0.15) is 0 Å². The van der Waals surface area contributed by atoms with Crippen LogP contribution < -0.4 is 0 Å². The molecule has 3 aromatic rings. The Morgan fingerprint density at radius 3 is 1.18 bits per heavy atom. The van der Waals surface area contributed by atoms with E-state index in [-0.39, 0.29) is 0 Å². The molecular weight excluding hydrogens is 272 g/mol. The molecule has 3 rings (SSSR count). The predicted octanol–water partition coefficient (Wildman–Crippen LogP) is 3.83. The maximum absolute atomic E-state index is 4.22. The van der Waals surface area contributed by atoms with E-state index in [1.165, 1.54) is 22.3 Å². The van der Waals surface area contributed by atoms with Gasteiger partial charge in [-0.1, -0.05) is 24.3 Å². The molecule has 0 spiro atoms. The third kappa shape index (κ3) is 2.72. The largest absolute Gasteiger partial charge is 0.203 e. The van der Waals surface area contributed by atoms with Crippen LogP contribution in [-0.2, 0) is 0 Å². The molecule has 4 heteroatoms. The molecule has 0 fully saturated rings.